The molecule has 8 nitrogen and oxygen atoms in total. The Labute approximate surface area is 235 Å². The number of carbonyl (C=O) groups excluding carboxylic acids is 1. The number of ether oxygens (including phenoxy) is 2. The highest BCUT2D eigenvalue weighted by molar-refractivity contribution is 7.99. The zero-order valence-corrected chi connectivity index (χ0v) is 24.6. The van der Waals surface area contributed by atoms with Gasteiger partial charge in [-0.25, -0.2) is 4.68 Å². The van der Waals surface area contributed by atoms with Crippen molar-refractivity contribution in [1.82, 2.24) is 14.8 Å². The molecule has 1 atom stereocenters. The molecule has 0 saturated carbocycles. The zero-order valence-electron chi connectivity index (χ0n) is 23.8. The summed E-state index contributed by atoms with van der Waals surface area (Å²) in [6, 6.07) is 11.2. The first-order valence-corrected chi connectivity index (χ1v) is 14.6. The number of aryl methyl sites for hydroxylation is 1. The molecule has 1 aliphatic heterocycles. The number of anilines is 2. The second-order valence-electron chi connectivity index (χ2n) is 9.74. The number of hydrogen-bond donors (Lipinski definition) is 2. The average Bonchev–Trinajstić information content (AvgIpc) is 3.33. The van der Waals surface area contributed by atoms with Crippen molar-refractivity contribution >= 4 is 29.3 Å². The number of thioether (sulfide) groups is 1. The number of amides is 1. The maximum Gasteiger partial charge on any atom is 0.255 e. The van der Waals surface area contributed by atoms with Gasteiger partial charge in [-0.05, 0) is 68.5 Å². The second kappa shape index (κ2) is 13.1. The van der Waals surface area contributed by atoms with Crippen LogP contribution in [0.3, 0.4) is 0 Å². The fraction of sp³-hybridized carbons (Fsp3) is 0.433. The average molecular weight is 550 g/mol. The van der Waals surface area contributed by atoms with Crippen LogP contribution < -0.4 is 20.1 Å². The van der Waals surface area contributed by atoms with Crippen molar-refractivity contribution in [1.29, 1.82) is 0 Å². The molecular formula is C30H39N5O3S. The zero-order chi connectivity index (χ0) is 27.9. The van der Waals surface area contributed by atoms with Gasteiger partial charge in [-0.1, -0.05) is 56.7 Å². The van der Waals surface area contributed by atoms with Gasteiger partial charge in [-0.2, -0.15) is 4.98 Å². The SMILES string of the molecule is CCCCOc1ccc(C2C(C(=O)Nc3cccc(C)c3C)=C(C)Nc3nc(SCCCC)nn32)cc1OC. The summed E-state index contributed by atoms with van der Waals surface area (Å²) in [7, 11) is 1.63. The lowest BCUT2D eigenvalue weighted by molar-refractivity contribution is -0.113. The highest BCUT2D eigenvalue weighted by Crippen LogP contribution is 2.40. The van der Waals surface area contributed by atoms with Crippen LogP contribution in [0.2, 0.25) is 0 Å². The van der Waals surface area contributed by atoms with E-state index >= 15 is 0 Å². The van der Waals surface area contributed by atoms with Crippen molar-refractivity contribution in [2.75, 3.05) is 30.1 Å². The molecule has 0 saturated heterocycles. The first-order valence-electron chi connectivity index (χ1n) is 13.6. The Morgan fingerprint density at radius 3 is 2.64 bits per heavy atom. The van der Waals surface area contributed by atoms with E-state index in [2.05, 4.69) is 24.5 Å². The normalized spacial score (nSPS) is 14.6. The van der Waals surface area contributed by atoms with Crippen molar-refractivity contribution in [3.8, 4) is 11.5 Å². The molecule has 0 radical (unpaired) electrons. The van der Waals surface area contributed by atoms with Crippen LogP contribution in [0.4, 0.5) is 11.6 Å². The number of methoxy groups -OCH3 is 1. The van der Waals surface area contributed by atoms with Crippen molar-refractivity contribution in [3.05, 3.63) is 64.4 Å². The van der Waals surface area contributed by atoms with Crippen molar-refractivity contribution in [2.45, 2.75) is 71.5 Å². The summed E-state index contributed by atoms with van der Waals surface area (Å²) in [5.74, 6) is 2.66. The molecule has 39 heavy (non-hydrogen) atoms. The van der Waals surface area contributed by atoms with Gasteiger partial charge in [0.1, 0.15) is 6.04 Å². The Morgan fingerprint density at radius 1 is 1.10 bits per heavy atom. The molecule has 0 spiro atoms. The lowest BCUT2D eigenvalue weighted by Gasteiger charge is -2.29. The van der Waals surface area contributed by atoms with Gasteiger partial charge in [0.15, 0.2) is 11.5 Å². The number of benzene rings is 2. The van der Waals surface area contributed by atoms with E-state index in [0.717, 1.165) is 59.5 Å². The fourth-order valence-electron chi connectivity index (χ4n) is 4.48. The van der Waals surface area contributed by atoms with E-state index in [4.69, 9.17) is 19.6 Å². The van der Waals surface area contributed by atoms with Gasteiger partial charge < -0.3 is 20.1 Å². The topological polar surface area (TPSA) is 90.3 Å². The van der Waals surface area contributed by atoms with E-state index in [1.165, 1.54) is 0 Å². The molecule has 3 aromatic rings. The Morgan fingerprint density at radius 2 is 1.90 bits per heavy atom. The number of aromatic nitrogens is 3. The van der Waals surface area contributed by atoms with Crippen LogP contribution in [0.5, 0.6) is 11.5 Å². The maximum absolute atomic E-state index is 13.9. The minimum atomic E-state index is -0.502. The number of rotatable bonds is 12. The number of carbonyl (C=O) groups is 1. The number of allylic oxidation sites excluding steroid dienone is 1. The molecule has 0 bridgehead atoms. The Bertz CT molecular complexity index is 1350. The van der Waals surface area contributed by atoms with Crippen molar-refractivity contribution in [3.63, 3.8) is 0 Å². The van der Waals surface area contributed by atoms with Crippen molar-refractivity contribution in [2.24, 2.45) is 0 Å². The van der Waals surface area contributed by atoms with Gasteiger partial charge in [-0.3, -0.25) is 4.79 Å². The minimum absolute atomic E-state index is 0.192. The van der Waals surface area contributed by atoms with E-state index in [9.17, 15) is 4.79 Å². The van der Waals surface area contributed by atoms with Gasteiger partial charge in [-0.15, -0.1) is 5.10 Å². The fourth-order valence-corrected chi connectivity index (χ4v) is 5.39. The van der Waals surface area contributed by atoms with Gasteiger partial charge >= 0.3 is 0 Å². The van der Waals surface area contributed by atoms with Crippen LogP contribution >= 0.6 is 11.8 Å². The van der Waals surface area contributed by atoms with Crippen LogP contribution in [0.1, 0.15) is 69.2 Å². The predicted molar refractivity (Wildman–Crippen MR) is 158 cm³/mol. The highest BCUT2D eigenvalue weighted by atomic mass is 32.2. The number of fused-ring (bicyclic) bond motifs is 1. The second-order valence-corrected chi connectivity index (χ2v) is 10.8. The summed E-state index contributed by atoms with van der Waals surface area (Å²) in [5, 5.41) is 12.0. The molecule has 2 aromatic carbocycles. The lowest BCUT2D eigenvalue weighted by Crippen LogP contribution is -2.31. The van der Waals surface area contributed by atoms with Gasteiger partial charge in [0, 0.05) is 17.1 Å². The van der Waals surface area contributed by atoms with Gasteiger partial charge in [0.05, 0.1) is 19.3 Å². The third-order valence-corrected chi connectivity index (χ3v) is 7.84. The number of nitrogens with zero attached hydrogens (tertiary/aromatic N) is 3. The molecule has 9 heteroatoms. The third kappa shape index (κ3) is 6.41. The molecule has 1 aromatic heterocycles. The quantitative estimate of drug-likeness (QED) is 0.188. The summed E-state index contributed by atoms with van der Waals surface area (Å²) < 4.78 is 13.5. The smallest absolute Gasteiger partial charge is 0.255 e. The molecule has 208 valence electrons. The van der Waals surface area contributed by atoms with E-state index in [-0.39, 0.29) is 5.91 Å². The summed E-state index contributed by atoms with van der Waals surface area (Å²) >= 11 is 1.63. The summed E-state index contributed by atoms with van der Waals surface area (Å²) in [6.45, 7) is 10.9. The van der Waals surface area contributed by atoms with E-state index in [1.54, 1.807) is 18.9 Å². The first-order chi connectivity index (χ1) is 18.9. The van der Waals surface area contributed by atoms with Crippen LogP contribution in [-0.4, -0.2) is 40.1 Å². The number of hydrogen-bond acceptors (Lipinski definition) is 7. The maximum atomic E-state index is 13.9. The predicted octanol–water partition coefficient (Wildman–Crippen LogP) is 6.90. The molecular weight excluding hydrogens is 510 g/mol. The van der Waals surface area contributed by atoms with Crippen LogP contribution in [-0.2, 0) is 4.79 Å². The van der Waals surface area contributed by atoms with Crippen molar-refractivity contribution < 1.29 is 14.3 Å². The molecule has 4 rings (SSSR count). The van der Waals surface area contributed by atoms with Crippen LogP contribution in [0.25, 0.3) is 0 Å². The molecule has 0 fully saturated rings. The molecule has 1 unspecified atom stereocenters. The molecule has 1 aliphatic rings. The minimum Gasteiger partial charge on any atom is -0.493 e. The van der Waals surface area contributed by atoms with Crippen LogP contribution in [0.15, 0.2) is 52.8 Å². The third-order valence-electron chi connectivity index (χ3n) is 6.92. The molecule has 2 heterocycles. The summed E-state index contributed by atoms with van der Waals surface area (Å²) in [6.07, 6.45) is 4.21. The standard InChI is InChI=1S/C30H39N5O3S/c1-7-9-16-38-24-15-14-22(18-25(24)37-6)27-26(28(36)32-23-13-11-12-19(3)20(23)4)21(5)31-29-33-30(34-35(27)29)39-17-10-8-2/h11-15,18,27H,7-10,16-17H2,1-6H3,(H,32,36)(H,31,33,34). The Hall–Kier alpha value is -3.46. The Balaban J connectivity index is 1.75. The largest absolute Gasteiger partial charge is 0.493 e. The van der Waals surface area contributed by atoms with E-state index in [1.807, 2.05) is 61.9 Å². The molecule has 2 N–H and O–H groups in total. The van der Waals surface area contributed by atoms with Gasteiger partial charge in [0.2, 0.25) is 11.1 Å². The number of nitrogens with one attached hydrogen (secondary N) is 2. The lowest BCUT2D eigenvalue weighted by atomic mass is 9.94. The van der Waals surface area contributed by atoms with Crippen LogP contribution in [0, 0.1) is 13.8 Å². The summed E-state index contributed by atoms with van der Waals surface area (Å²) in [5.41, 5.74) is 5.10. The molecule has 1 amide bonds. The van der Waals surface area contributed by atoms with E-state index < -0.39 is 6.04 Å². The van der Waals surface area contributed by atoms with E-state index in [0.29, 0.717) is 34.8 Å². The van der Waals surface area contributed by atoms with Gasteiger partial charge in [0.25, 0.3) is 5.91 Å². The highest BCUT2D eigenvalue weighted by Gasteiger charge is 2.35. The summed E-state index contributed by atoms with van der Waals surface area (Å²) in [4.78, 5) is 18.7. The molecule has 0 aliphatic carbocycles. The first kappa shape index (κ1) is 28.5. The number of unbranched alkanes of at least 4 members (excludes halogenated alkanes) is 2. The monoisotopic (exact) mass is 549 g/mol. The Kier molecular flexibility index (Phi) is 9.56.